The monoisotopic (exact) mass is 167 g/mol. The molecule has 0 aliphatic heterocycles. The predicted octanol–water partition coefficient (Wildman–Crippen LogP) is 0.824. The van der Waals surface area contributed by atoms with Gasteiger partial charge >= 0.3 is 0 Å². The van der Waals surface area contributed by atoms with Gasteiger partial charge in [0.1, 0.15) is 6.29 Å². The van der Waals surface area contributed by atoms with E-state index in [9.17, 15) is 9.59 Å². The van der Waals surface area contributed by atoms with E-state index in [-0.39, 0.29) is 5.91 Å². The van der Waals surface area contributed by atoms with Crippen LogP contribution in [-0.4, -0.2) is 19.2 Å². The lowest BCUT2D eigenvalue weighted by molar-refractivity contribution is -0.119. The zero-order valence-corrected chi connectivity index (χ0v) is 7.33. The minimum absolute atomic E-state index is 0.0624. The van der Waals surface area contributed by atoms with Crippen molar-refractivity contribution in [3.8, 4) is 0 Å². The summed E-state index contributed by atoms with van der Waals surface area (Å²) in [5.74, 6) is -0.0624. The summed E-state index contributed by atoms with van der Waals surface area (Å²) < 4.78 is 0. The molecule has 0 aromatic carbocycles. The maximum atomic E-state index is 10.7. The number of allylic oxidation sites excluding steroid dienone is 3. The van der Waals surface area contributed by atoms with Gasteiger partial charge < -0.3 is 5.32 Å². The summed E-state index contributed by atoms with van der Waals surface area (Å²) in [6.07, 6.45) is 6.03. The molecule has 0 aliphatic rings. The van der Waals surface area contributed by atoms with Gasteiger partial charge in [0.25, 0.3) is 0 Å². The fourth-order valence-electron chi connectivity index (χ4n) is 0.608. The van der Waals surface area contributed by atoms with Crippen molar-refractivity contribution >= 4 is 12.2 Å². The quantitative estimate of drug-likeness (QED) is 0.383. The Bertz CT molecular complexity index is 217. The molecule has 0 aliphatic carbocycles. The van der Waals surface area contributed by atoms with Gasteiger partial charge in [0.15, 0.2) is 0 Å². The molecule has 12 heavy (non-hydrogen) atoms. The summed E-state index contributed by atoms with van der Waals surface area (Å²) in [7, 11) is 1.58. The van der Waals surface area contributed by atoms with Crippen LogP contribution < -0.4 is 5.32 Å². The smallest absolute Gasteiger partial charge is 0.223 e. The highest BCUT2D eigenvalue weighted by Gasteiger charge is 1.91. The SMILES string of the molecule is C/C=C(C=O)\C=C/CC(=O)NC. The van der Waals surface area contributed by atoms with E-state index < -0.39 is 0 Å². The van der Waals surface area contributed by atoms with Crippen LogP contribution in [0.3, 0.4) is 0 Å². The molecule has 0 fully saturated rings. The van der Waals surface area contributed by atoms with Crippen LogP contribution in [0.25, 0.3) is 0 Å². The van der Waals surface area contributed by atoms with Gasteiger partial charge in [-0.25, -0.2) is 0 Å². The zero-order chi connectivity index (χ0) is 9.40. The highest BCUT2D eigenvalue weighted by atomic mass is 16.1. The Balaban J connectivity index is 3.90. The molecule has 0 heterocycles. The van der Waals surface area contributed by atoms with Crippen molar-refractivity contribution in [3.05, 3.63) is 23.8 Å². The van der Waals surface area contributed by atoms with E-state index in [0.717, 1.165) is 6.29 Å². The summed E-state index contributed by atoms with van der Waals surface area (Å²) in [5.41, 5.74) is 0.582. The Kier molecular flexibility index (Phi) is 5.61. The van der Waals surface area contributed by atoms with Gasteiger partial charge in [-0.2, -0.15) is 0 Å². The Hall–Kier alpha value is -1.38. The third-order valence-corrected chi connectivity index (χ3v) is 1.36. The summed E-state index contributed by atoms with van der Waals surface area (Å²) in [6.45, 7) is 1.77. The topological polar surface area (TPSA) is 46.2 Å². The molecule has 0 aromatic heterocycles. The number of rotatable bonds is 4. The van der Waals surface area contributed by atoms with Crippen LogP contribution in [0.1, 0.15) is 13.3 Å². The average Bonchev–Trinajstić information content (AvgIpc) is 2.12. The van der Waals surface area contributed by atoms with Crippen molar-refractivity contribution in [1.82, 2.24) is 5.32 Å². The third kappa shape index (κ3) is 4.44. The van der Waals surface area contributed by atoms with Crippen molar-refractivity contribution in [2.24, 2.45) is 0 Å². The molecule has 0 rings (SSSR count). The van der Waals surface area contributed by atoms with Crippen molar-refractivity contribution in [3.63, 3.8) is 0 Å². The predicted molar refractivity (Wildman–Crippen MR) is 47.6 cm³/mol. The van der Waals surface area contributed by atoms with Gasteiger partial charge in [-0.15, -0.1) is 0 Å². The zero-order valence-electron chi connectivity index (χ0n) is 7.33. The lowest BCUT2D eigenvalue weighted by Crippen LogP contribution is -2.15. The normalized spacial score (nSPS) is 11.7. The molecular weight excluding hydrogens is 154 g/mol. The second kappa shape index (κ2) is 6.34. The Labute approximate surface area is 72.2 Å². The maximum absolute atomic E-state index is 10.7. The van der Waals surface area contributed by atoms with Crippen LogP contribution in [0, 0.1) is 0 Å². The minimum atomic E-state index is -0.0624. The number of aldehydes is 1. The van der Waals surface area contributed by atoms with Crippen LogP contribution in [0.2, 0.25) is 0 Å². The van der Waals surface area contributed by atoms with Gasteiger partial charge in [0, 0.05) is 19.0 Å². The number of carbonyl (C=O) groups excluding carboxylic acids is 2. The van der Waals surface area contributed by atoms with Crippen molar-refractivity contribution in [2.45, 2.75) is 13.3 Å². The molecule has 0 saturated carbocycles. The van der Waals surface area contributed by atoms with Gasteiger partial charge in [-0.3, -0.25) is 9.59 Å². The molecule has 3 nitrogen and oxygen atoms in total. The molecule has 0 spiro atoms. The van der Waals surface area contributed by atoms with E-state index in [4.69, 9.17) is 0 Å². The molecule has 0 atom stereocenters. The first-order valence-electron chi connectivity index (χ1n) is 3.73. The van der Waals surface area contributed by atoms with Crippen molar-refractivity contribution in [1.29, 1.82) is 0 Å². The van der Waals surface area contributed by atoms with E-state index in [1.807, 2.05) is 0 Å². The molecule has 0 bridgehead atoms. The van der Waals surface area contributed by atoms with Crippen LogP contribution in [0.4, 0.5) is 0 Å². The summed E-state index contributed by atoms with van der Waals surface area (Å²) >= 11 is 0. The Morgan fingerprint density at radius 2 is 2.17 bits per heavy atom. The Morgan fingerprint density at radius 3 is 2.58 bits per heavy atom. The number of hydrogen-bond donors (Lipinski definition) is 1. The molecule has 1 N–H and O–H groups in total. The maximum Gasteiger partial charge on any atom is 0.223 e. The summed E-state index contributed by atoms with van der Waals surface area (Å²) in [5, 5.41) is 2.48. The first kappa shape index (κ1) is 10.6. The summed E-state index contributed by atoms with van der Waals surface area (Å²) in [6, 6.07) is 0. The van der Waals surface area contributed by atoms with Crippen LogP contribution >= 0.6 is 0 Å². The van der Waals surface area contributed by atoms with Crippen molar-refractivity contribution in [2.75, 3.05) is 7.05 Å². The van der Waals surface area contributed by atoms with E-state index >= 15 is 0 Å². The number of nitrogens with one attached hydrogen (secondary N) is 1. The van der Waals surface area contributed by atoms with Gasteiger partial charge in [-0.05, 0) is 6.92 Å². The first-order valence-corrected chi connectivity index (χ1v) is 3.73. The first-order chi connectivity index (χ1) is 5.74. The molecule has 0 saturated heterocycles. The highest BCUT2D eigenvalue weighted by molar-refractivity contribution is 5.79. The largest absolute Gasteiger partial charge is 0.359 e. The van der Waals surface area contributed by atoms with Gasteiger partial charge in [0.05, 0.1) is 0 Å². The second-order valence-electron chi connectivity index (χ2n) is 2.19. The number of amides is 1. The van der Waals surface area contributed by atoms with Crippen LogP contribution in [0.15, 0.2) is 23.8 Å². The van der Waals surface area contributed by atoms with Gasteiger partial charge in [-0.1, -0.05) is 18.2 Å². The van der Waals surface area contributed by atoms with E-state index in [0.29, 0.717) is 12.0 Å². The highest BCUT2D eigenvalue weighted by Crippen LogP contribution is 1.93. The summed E-state index contributed by atoms with van der Waals surface area (Å²) in [4.78, 5) is 21.0. The molecule has 0 aromatic rings. The van der Waals surface area contributed by atoms with E-state index in [1.165, 1.54) is 0 Å². The standard InChI is InChI=1S/C9H13NO2/c1-3-8(7-11)5-4-6-9(12)10-2/h3-5,7H,6H2,1-2H3,(H,10,12)/b5-4-,8-3+. The molecule has 0 radical (unpaired) electrons. The number of hydrogen-bond acceptors (Lipinski definition) is 2. The molecule has 66 valence electrons. The molecule has 3 heteroatoms. The lowest BCUT2D eigenvalue weighted by atomic mass is 10.2. The minimum Gasteiger partial charge on any atom is -0.359 e. The third-order valence-electron chi connectivity index (χ3n) is 1.36. The molecular formula is C9H13NO2. The van der Waals surface area contributed by atoms with E-state index in [1.54, 1.807) is 32.2 Å². The van der Waals surface area contributed by atoms with Gasteiger partial charge in [0.2, 0.25) is 5.91 Å². The van der Waals surface area contributed by atoms with E-state index in [2.05, 4.69) is 5.32 Å². The van der Waals surface area contributed by atoms with Crippen molar-refractivity contribution < 1.29 is 9.59 Å². The van der Waals surface area contributed by atoms with Crippen LogP contribution in [0.5, 0.6) is 0 Å². The second-order valence-corrected chi connectivity index (χ2v) is 2.19. The molecule has 1 amide bonds. The van der Waals surface area contributed by atoms with Crippen LogP contribution in [-0.2, 0) is 9.59 Å². The number of carbonyl (C=O) groups is 2. The average molecular weight is 167 g/mol. The fraction of sp³-hybridized carbons (Fsp3) is 0.333. The lowest BCUT2D eigenvalue weighted by Gasteiger charge is -1.91. The fourth-order valence-corrected chi connectivity index (χ4v) is 0.608. The Morgan fingerprint density at radius 1 is 1.50 bits per heavy atom. The molecule has 0 unspecified atom stereocenters.